The van der Waals surface area contributed by atoms with Crippen molar-refractivity contribution in [2.45, 2.75) is 13.0 Å². The predicted molar refractivity (Wildman–Crippen MR) is 74.4 cm³/mol. The molecule has 1 aromatic heterocycles. The molecule has 1 heterocycles. The van der Waals surface area contributed by atoms with Gasteiger partial charge in [-0.2, -0.15) is 0 Å². The molecule has 2 rings (SSSR count). The molecule has 0 aliphatic carbocycles. The maximum Gasteiger partial charge on any atom is 0.130 e. The van der Waals surface area contributed by atoms with E-state index in [2.05, 4.69) is 33.2 Å². The highest BCUT2D eigenvalue weighted by Crippen LogP contribution is 2.28. The van der Waals surface area contributed by atoms with E-state index in [0.717, 1.165) is 16.0 Å². The van der Waals surface area contributed by atoms with Crippen molar-refractivity contribution in [1.82, 2.24) is 9.55 Å². The first-order chi connectivity index (χ1) is 8.08. The third kappa shape index (κ3) is 2.82. The van der Waals surface area contributed by atoms with Crippen LogP contribution in [0.4, 0.5) is 5.69 Å². The van der Waals surface area contributed by atoms with E-state index in [4.69, 9.17) is 11.6 Å². The van der Waals surface area contributed by atoms with Gasteiger partial charge in [-0.05, 0) is 25.1 Å². The highest BCUT2D eigenvalue weighted by Gasteiger charge is 2.11. The van der Waals surface area contributed by atoms with Crippen molar-refractivity contribution in [3.63, 3.8) is 0 Å². The lowest BCUT2D eigenvalue weighted by Crippen LogP contribution is -2.12. The van der Waals surface area contributed by atoms with Crippen LogP contribution in [0, 0.1) is 0 Å². The minimum Gasteiger partial charge on any atom is -0.374 e. The minimum atomic E-state index is 0.105. The van der Waals surface area contributed by atoms with Crippen molar-refractivity contribution in [3.05, 3.63) is 45.9 Å². The second-order valence-electron chi connectivity index (χ2n) is 3.89. The standard InChI is InChI=1S/C12H13BrClN3/c1-8(12-15-5-6-17(12)2)16-11-4-3-9(13)7-10(11)14/h3-8,16H,1-2H3. The van der Waals surface area contributed by atoms with Crippen molar-refractivity contribution in [3.8, 4) is 0 Å². The Balaban J connectivity index is 2.19. The summed E-state index contributed by atoms with van der Waals surface area (Å²) in [5.74, 6) is 0.976. The predicted octanol–water partition coefficient (Wildman–Crippen LogP) is 4.01. The highest BCUT2D eigenvalue weighted by molar-refractivity contribution is 9.10. The normalized spacial score (nSPS) is 12.5. The van der Waals surface area contributed by atoms with Crippen molar-refractivity contribution in [2.24, 2.45) is 7.05 Å². The van der Waals surface area contributed by atoms with Gasteiger partial charge in [0.15, 0.2) is 0 Å². The molecule has 0 radical (unpaired) electrons. The Bertz CT molecular complexity index is 524. The van der Waals surface area contributed by atoms with Crippen molar-refractivity contribution >= 4 is 33.2 Å². The number of nitrogens with one attached hydrogen (secondary N) is 1. The Morgan fingerprint density at radius 1 is 1.47 bits per heavy atom. The van der Waals surface area contributed by atoms with Gasteiger partial charge < -0.3 is 9.88 Å². The van der Waals surface area contributed by atoms with Gasteiger partial charge in [-0.3, -0.25) is 0 Å². The minimum absolute atomic E-state index is 0.105. The molecule has 3 nitrogen and oxygen atoms in total. The molecule has 0 saturated heterocycles. The summed E-state index contributed by atoms with van der Waals surface area (Å²) in [6.07, 6.45) is 3.72. The second-order valence-corrected chi connectivity index (χ2v) is 5.21. The molecule has 1 aromatic carbocycles. The number of anilines is 1. The molecule has 1 N–H and O–H groups in total. The lowest BCUT2D eigenvalue weighted by Gasteiger charge is -2.16. The summed E-state index contributed by atoms with van der Waals surface area (Å²) >= 11 is 9.54. The molecule has 0 aliphatic heterocycles. The molecule has 0 bridgehead atoms. The van der Waals surface area contributed by atoms with E-state index in [9.17, 15) is 0 Å². The summed E-state index contributed by atoms with van der Waals surface area (Å²) in [4.78, 5) is 4.31. The topological polar surface area (TPSA) is 29.9 Å². The monoisotopic (exact) mass is 313 g/mol. The Hall–Kier alpha value is -1.00. The number of hydrogen-bond acceptors (Lipinski definition) is 2. The molecule has 17 heavy (non-hydrogen) atoms. The van der Waals surface area contributed by atoms with E-state index in [1.165, 1.54) is 0 Å². The van der Waals surface area contributed by atoms with Gasteiger partial charge >= 0.3 is 0 Å². The lowest BCUT2D eigenvalue weighted by atomic mass is 10.2. The van der Waals surface area contributed by atoms with Crippen molar-refractivity contribution in [2.75, 3.05) is 5.32 Å². The highest BCUT2D eigenvalue weighted by atomic mass is 79.9. The van der Waals surface area contributed by atoms with Gasteiger partial charge in [0.1, 0.15) is 5.82 Å². The summed E-state index contributed by atoms with van der Waals surface area (Å²) in [6.45, 7) is 2.06. The fourth-order valence-corrected chi connectivity index (χ4v) is 2.43. The van der Waals surface area contributed by atoms with Gasteiger partial charge in [-0.1, -0.05) is 27.5 Å². The van der Waals surface area contributed by atoms with Crippen LogP contribution in [0.25, 0.3) is 0 Å². The molecule has 0 spiro atoms. The fourth-order valence-electron chi connectivity index (χ4n) is 1.70. The number of aryl methyl sites for hydroxylation is 1. The summed E-state index contributed by atoms with van der Waals surface area (Å²) in [5.41, 5.74) is 0.908. The largest absolute Gasteiger partial charge is 0.374 e. The van der Waals surface area contributed by atoms with Gasteiger partial charge in [0.05, 0.1) is 16.8 Å². The van der Waals surface area contributed by atoms with Crippen molar-refractivity contribution in [1.29, 1.82) is 0 Å². The zero-order valence-electron chi connectivity index (χ0n) is 9.61. The molecular weight excluding hydrogens is 302 g/mol. The number of rotatable bonds is 3. The Labute approximate surface area is 114 Å². The molecule has 0 saturated carbocycles. The van der Waals surface area contributed by atoms with Crippen LogP contribution >= 0.6 is 27.5 Å². The zero-order valence-corrected chi connectivity index (χ0v) is 12.0. The molecular formula is C12H13BrClN3. The number of hydrogen-bond donors (Lipinski definition) is 1. The van der Waals surface area contributed by atoms with Crippen LogP contribution in [0.5, 0.6) is 0 Å². The lowest BCUT2D eigenvalue weighted by molar-refractivity contribution is 0.722. The Kier molecular flexibility index (Phi) is 3.74. The number of benzene rings is 1. The molecule has 90 valence electrons. The van der Waals surface area contributed by atoms with Gasteiger partial charge in [-0.25, -0.2) is 4.98 Å². The van der Waals surface area contributed by atoms with E-state index in [1.54, 1.807) is 6.20 Å². The fraction of sp³-hybridized carbons (Fsp3) is 0.250. The molecule has 1 unspecified atom stereocenters. The molecule has 0 amide bonds. The summed E-state index contributed by atoms with van der Waals surface area (Å²) in [6, 6.07) is 5.88. The van der Waals surface area contributed by atoms with Crippen LogP contribution in [-0.2, 0) is 7.05 Å². The molecule has 5 heteroatoms. The van der Waals surface area contributed by atoms with E-state index in [1.807, 2.05) is 36.0 Å². The van der Waals surface area contributed by atoms with Crippen LogP contribution in [-0.4, -0.2) is 9.55 Å². The number of nitrogens with zero attached hydrogens (tertiary/aromatic N) is 2. The summed E-state index contributed by atoms with van der Waals surface area (Å²) < 4.78 is 2.96. The smallest absolute Gasteiger partial charge is 0.130 e. The first-order valence-corrected chi connectivity index (χ1v) is 6.44. The molecule has 1 atom stereocenters. The van der Waals surface area contributed by atoms with Gasteiger partial charge in [0.2, 0.25) is 0 Å². The van der Waals surface area contributed by atoms with Crippen LogP contribution in [0.15, 0.2) is 35.1 Å². The van der Waals surface area contributed by atoms with Crippen LogP contribution in [0.1, 0.15) is 18.8 Å². The Morgan fingerprint density at radius 2 is 2.24 bits per heavy atom. The van der Waals surface area contributed by atoms with Crippen LogP contribution in [0.3, 0.4) is 0 Å². The van der Waals surface area contributed by atoms with E-state index < -0.39 is 0 Å². The second kappa shape index (κ2) is 5.10. The number of aromatic nitrogens is 2. The summed E-state index contributed by atoms with van der Waals surface area (Å²) in [5, 5.41) is 4.04. The van der Waals surface area contributed by atoms with Crippen LogP contribution < -0.4 is 5.32 Å². The molecule has 0 fully saturated rings. The van der Waals surface area contributed by atoms with Gasteiger partial charge in [-0.15, -0.1) is 0 Å². The van der Waals surface area contributed by atoms with Gasteiger partial charge in [0.25, 0.3) is 0 Å². The maximum atomic E-state index is 6.16. The van der Waals surface area contributed by atoms with Crippen LogP contribution in [0.2, 0.25) is 5.02 Å². The quantitative estimate of drug-likeness (QED) is 0.927. The average Bonchev–Trinajstić information content (AvgIpc) is 2.68. The van der Waals surface area contributed by atoms with E-state index >= 15 is 0 Å². The average molecular weight is 315 g/mol. The maximum absolute atomic E-state index is 6.16. The Morgan fingerprint density at radius 3 is 2.82 bits per heavy atom. The number of imidazole rings is 1. The SMILES string of the molecule is CC(Nc1ccc(Br)cc1Cl)c1nccn1C. The van der Waals surface area contributed by atoms with Gasteiger partial charge in [0, 0.05) is 23.9 Å². The first kappa shape index (κ1) is 12.5. The van der Waals surface area contributed by atoms with Crippen molar-refractivity contribution < 1.29 is 0 Å². The number of halogens is 2. The van der Waals surface area contributed by atoms with E-state index in [-0.39, 0.29) is 6.04 Å². The summed E-state index contributed by atoms with van der Waals surface area (Å²) in [7, 11) is 1.98. The van der Waals surface area contributed by atoms with E-state index in [0.29, 0.717) is 5.02 Å². The third-order valence-corrected chi connectivity index (χ3v) is 3.35. The zero-order chi connectivity index (χ0) is 12.4. The third-order valence-electron chi connectivity index (χ3n) is 2.55. The first-order valence-electron chi connectivity index (χ1n) is 5.26. The molecule has 0 aliphatic rings. The molecule has 2 aromatic rings.